The maximum atomic E-state index is 11.8. The molecule has 20 heavy (non-hydrogen) atoms. The van der Waals surface area contributed by atoms with Gasteiger partial charge in [0.15, 0.2) is 0 Å². The first-order valence-corrected chi connectivity index (χ1v) is 6.43. The third kappa shape index (κ3) is 7.08. The minimum absolute atomic E-state index is 0.0818. The summed E-state index contributed by atoms with van der Waals surface area (Å²) < 4.78 is 4.85. The summed E-state index contributed by atoms with van der Waals surface area (Å²) in [5.74, 6) is -1.68. The summed E-state index contributed by atoms with van der Waals surface area (Å²) in [6.45, 7) is 3.91. The molecule has 7 nitrogen and oxygen atoms in total. The van der Waals surface area contributed by atoms with Crippen LogP contribution in [0, 0.1) is 5.41 Å². The highest BCUT2D eigenvalue weighted by Crippen LogP contribution is 2.21. The monoisotopic (exact) mass is 288 g/mol. The van der Waals surface area contributed by atoms with Crippen molar-refractivity contribution >= 4 is 17.8 Å². The number of nitrogens with zero attached hydrogens (tertiary/aromatic N) is 1. The van der Waals surface area contributed by atoms with Crippen molar-refractivity contribution in [2.75, 3.05) is 33.9 Å². The van der Waals surface area contributed by atoms with Gasteiger partial charge in [0.1, 0.15) is 0 Å². The second kappa shape index (κ2) is 8.52. The number of aliphatic carboxylic acids is 1. The second-order valence-corrected chi connectivity index (χ2v) is 5.31. The molecule has 0 aliphatic rings. The summed E-state index contributed by atoms with van der Waals surface area (Å²) >= 11 is 0. The fraction of sp³-hybridized carbons (Fsp3) is 0.769. The summed E-state index contributed by atoms with van der Waals surface area (Å²) in [6, 6.07) is 0. The third-order valence-electron chi connectivity index (χ3n) is 2.83. The molecule has 0 saturated carbocycles. The normalized spacial score (nSPS) is 11.0. The number of hydrogen-bond acceptors (Lipinski definition) is 4. The summed E-state index contributed by atoms with van der Waals surface area (Å²) in [7, 11) is 3.06. The number of methoxy groups -OCH3 is 1. The van der Waals surface area contributed by atoms with Gasteiger partial charge in [-0.3, -0.25) is 14.4 Å². The molecule has 0 heterocycles. The molecule has 2 N–H and O–H groups in total. The molecule has 0 unspecified atom stereocenters. The lowest BCUT2D eigenvalue weighted by molar-refractivity contribution is -0.151. The van der Waals surface area contributed by atoms with Crippen LogP contribution < -0.4 is 5.32 Å². The van der Waals surface area contributed by atoms with Gasteiger partial charge in [0.2, 0.25) is 11.8 Å². The van der Waals surface area contributed by atoms with Gasteiger partial charge in [-0.1, -0.05) is 0 Å². The van der Waals surface area contributed by atoms with Crippen LogP contribution in [0.15, 0.2) is 0 Å². The average molecular weight is 288 g/mol. The third-order valence-corrected chi connectivity index (χ3v) is 2.83. The number of carbonyl (C=O) groups is 3. The van der Waals surface area contributed by atoms with Crippen LogP contribution in [0.25, 0.3) is 0 Å². The van der Waals surface area contributed by atoms with E-state index in [2.05, 4.69) is 5.32 Å². The van der Waals surface area contributed by atoms with E-state index in [0.29, 0.717) is 19.6 Å². The zero-order chi connectivity index (χ0) is 15.8. The van der Waals surface area contributed by atoms with Crippen LogP contribution in [-0.4, -0.2) is 61.6 Å². The minimum Gasteiger partial charge on any atom is -0.481 e. The maximum absolute atomic E-state index is 11.8. The number of ether oxygens (including phenoxy) is 1. The van der Waals surface area contributed by atoms with E-state index in [4.69, 9.17) is 9.84 Å². The molecule has 0 bridgehead atoms. The summed E-state index contributed by atoms with van der Waals surface area (Å²) in [5, 5.41) is 11.6. The molecule has 0 spiro atoms. The molecule has 0 saturated heterocycles. The Hall–Kier alpha value is -1.63. The minimum atomic E-state index is -1.14. The zero-order valence-electron chi connectivity index (χ0n) is 12.6. The van der Waals surface area contributed by atoms with Gasteiger partial charge in [0.25, 0.3) is 0 Å². The van der Waals surface area contributed by atoms with Gasteiger partial charge >= 0.3 is 5.97 Å². The zero-order valence-corrected chi connectivity index (χ0v) is 12.6. The molecule has 7 heteroatoms. The first kappa shape index (κ1) is 18.4. The number of nitrogens with one attached hydrogen (secondary N) is 1. The van der Waals surface area contributed by atoms with E-state index in [-0.39, 0.29) is 24.8 Å². The molecule has 0 aliphatic carbocycles. The number of likely N-dealkylation sites (N-methyl/N-ethyl adjacent to an activating group) is 1. The molecule has 0 fully saturated rings. The number of carboxylic acids is 1. The number of hydrogen-bond donors (Lipinski definition) is 2. The first-order valence-electron chi connectivity index (χ1n) is 6.43. The van der Waals surface area contributed by atoms with E-state index < -0.39 is 11.4 Å². The molecule has 116 valence electrons. The molecular weight excluding hydrogens is 264 g/mol. The van der Waals surface area contributed by atoms with E-state index in [1.165, 1.54) is 25.8 Å². The predicted molar refractivity (Wildman–Crippen MR) is 73.2 cm³/mol. The van der Waals surface area contributed by atoms with Gasteiger partial charge in [0, 0.05) is 33.7 Å². The van der Waals surface area contributed by atoms with E-state index >= 15 is 0 Å². The van der Waals surface area contributed by atoms with Gasteiger partial charge in [-0.05, 0) is 20.3 Å². The lowest BCUT2D eigenvalue weighted by Crippen LogP contribution is -2.41. The molecular formula is C13H24N2O5. The van der Waals surface area contributed by atoms with E-state index in [0.717, 1.165) is 0 Å². The SMILES string of the molecule is COCCCNC(=O)CN(C)C(=O)CC(C)(C)C(=O)O. The quantitative estimate of drug-likeness (QED) is 0.587. The van der Waals surface area contributed by atoms with Crippen LogP contribution in [0.5, 0.6) is 0 Å². The molecule has 0 atom stereocenters. The smallest absolute Gasteiger partial charge is 0.309 e. The van der Waals surface area contributed by atoms with Crippen LogP contribution >= 0.6 is 0 Å². The van der Waals surface area contributed by atoms with Crippen molar-refractivity contribution in [2.45, 2.75) is 26.7 Å². The summed E-state index contributed by atoms with van der Waals surface area (Å²) in [5.41, 5.74) is -1.14. The summed E-state index contributed by atoms with van der Waals surface area (Å²) in [6.07, 6.45) is 0.557. The van der Waals surface area contributed by atoms with Crippen molar-refractivity contribution in [3.8, 4) is 0 Å². The lowest BCUT2D eigenvalue weighted by Gasteiger charge is -2.23. The van der Waals surface area contributed by atoms with Crippen molar-refractivity contribution in [3.63, 3.8) is 0 Å². The van der Waals surface area contributed by atoms with E-state index in [1.807, 2.05) is 0 Å². The van der Waals surface area contributed by atoms with Gasteiger partial charge in [-0.15, -0.1) is 0 Å². The topological polar surface area (TPSA) is 95.9 Å². The number of carboxylic acid groups (broad SMARTS) is 1. The molecule has 0 radical (unpaired) electrons. The number of rotatable bonds is 9. The fourth-order valence-electron chi connectivity index (χ4n) is 1.39. The van der Waals surface area contributed by atoms with Crippen LogP contribution in [0.2, 0.25) is 0 Å². The van der Waals surface area contributed by atoms with Crippen molar-refractivity contribution < 1.29 is 24.2 Å². The van der Waals surface area contributed by atoms with Crippen LogP contribution in [0.1, 0.15) is 26.7 Å². The van der Waals surface area contributed by atoms with Gasteiger partial charge in [-0.2, -0.15) is 0 Å². The maximum Gasteiger partial charge on any atom is 0.309 e. The highest BCUT2D eigenvalue weighted by atomic mass is 16.5. The highest BCUT2D eigenvalue weighted by molar-refractivity contribution is 5.87. The van der Waals surface area contributed by atoms with Crippen molar-refractivity contribution in [1.82, 2.24) is 10.2 Å². The Bertz CT molecular complexity index is 355. The van der Waals surface area contributed by atoms with Gasteiger partial charge in [0.05, 0.1) is 12.0 Å². The van der Waals surface area contributed by atoms with Crippen LogP contribution in [0.4, 0.5) is 0 Å². The second-order valence-electron chi connectivity index (χ2n) is 5.31. The molecule has 2 amide bonds. The lowest BCUT2D eigenvalue weighted by atomic mass is 9.89. The predicted octanol–water partition coefficient (Wildman–Crippen LogP) is 0.0984. The summed E-state index contributed by atoms with van der Waals surface area (Å²) in [4.78, 5) is 35.6. The Morgan fingerprint density at radius 3 is 2.40 bits per heavy atom. The Morgan fingerprint density at radius 2 is 1.90 bits per heavy atom. The van der Waals surface area contributed by atoms with Crippen molar-refractivity contribution in [3.05, 3.63) is 0 Å². The Morgan fingerprint density at radius 1 is 1.30 bits per heavy atom. The fourth-order valence-corrected chi connectivity index (χ4v) is 1.39. The van der Waals surface area contributed by atoms with E-state index in [1.54, 1.807) is 7.11 Å². The van der Waals surface area contributed by atoms with Crippen LogP contribution in [0.3, 0.4) is 0 Å². The number of carbonyl (C=O) groups excluding carboxylic acids is 2. The Labute approximate surface area is 119 Å². The standard InChI is InChI=1S/C13H24N2O5/c1-13(2,12(18)19)8-11(17)15(3)9-10(16)14-6-5-7-20-4/h5-9H2,1-4H3,(H,14,16)(H,18,19). The van der Waals surface area contributed by atoms with Gasteiger partial charge in [-0.25, -0.2) is 0 Å². The molecule has 0 aromatic carbocycles. The van der Waals surface area contributed by atoms with Gasteiger partial charge < -0.3 is 20.1 Å². The first-order chi connectivity index (χ1) is 9.20. The highest BCUT2D eigenvalue weighted by Gasteiger charge is 2.31. The largest absolute Gasteiger partial charge is 0.481 e. The Kier molecular flexibility index (Phi) is 7.83. The number of amides is 2. The Balaban J connectivity index is 4.13. The van der Waals surface area contributed by atoms with E-state index in [9.17, 15) is 14.4 Å². The molecule has 0 aliphatic heterocycles. The molecule has 0 aromatic rings. The van der Waals surface area contributed by atoms with Crippen molar-refractivity contribution in [2.24, 2.45) is 5.41 Å². The average Bonchev–Trinajstić information content (AvgIpc) is 2.33. The van der Waals surface area contributed by atoms with Crippen LogP contribution in [-0.2, 0) is 19.1 Å². The van der Waals surface area contributed by atoms with Crippen molar-refractivity contribution in [1.29, 1.82) is 0 Å². The molecule has 0 rings (SSSR count). The molecule has 0 aromatic heterocycles.